The van der Waals surface area contributed by atoms with Crippen molar-refractivity contribution in [2.75, 3.05) is 13.1 Å². The van der Waals surface area contributed by atoms with Crippen molar-refractivity contribution in [2.24, 2.45) is 0 Å². The van der Waals surface area contributed by atoms with Crippen molar-refractivity contribution in [3.05, 3.63) is 11.6 Å². The minimum absolute atomic E-state index is 0.0468. The number of carbonyl (C=O) groups excluding carboxylic acids is 1. The topological polar surface area (TPSA) is 41.1 Å². The minimum atomic E-state index is 0.0468. The van der Waals surface area contributed by atoms with Gasteiger partial charge in [-0.25, -0.2) is 0 Å². The van der Waals surface area contributed by atoms with E-state index in [2.05, 4.69) is 10.6 Å². The first-order valence-electron chi connectivity index (χ1n) is 4.84. The fraction of sp³-hybridized carbons (Fsp3) is 0.700. The highest BCUT2D eigenvalue weighted by atomic mass is 16.2. The Kier molecular flexibility index (Phi) is 3.96. The number of rotatable bonds is 3. The quantitative estimate of drug-likeness (QED) is 0.634. The molecule has 13 heavy (non-hydrogen) atoms. The maximum absolute atomic E-state index is 11.4. The summed E-state index contributed by atoms with van der Waals surface area (Å²) in [5, 5.41) is 6.04. The van der Waals surface area contributed by atoms with Crippen LogP contribution >= 0.6 is 0 Å². The zero-order valence-electron chi connectivity index (χ0n) is 8.39. The molecule has 0 aromatic heterocycles. The van der Waals surface area contributed by atoms with Gasteiger partial charge in [0.15, 0.2) is 0 Å². The molecule has 0 radical (unpaired) electrons. The maximum Gasteiger partial charge on any atom is 0.237 e. The Hall–Kier alpha value is -0.830. The van der Waals surface area contributed by atoms with E-state index in [9.17, 15) is 4.79 Å². The summed E-state index contributed by atoms with van der Waals surface area (Å²) in [6.07, 6.45) is 4.11. The van der Waals surface area contributed by atoms with Gasteiger partial charge in [-0.3, -0.25) is 4.79 Å². The molecule has 1 rings (SSSR count). The Balaban J connectivity index is 2.21. The Morgan fingerprint density at radius 1 is 1.62 bits per heavy atom. The van der Waals surface area contributed by atoms with E-state index in [1.807, 2.05) is 19.9 Å². The maximum atomic E-state index is 11.4. The van der Waals surface area contributed by atoms with Gasteiger partial charge in [-0.2, -0.15) is 0 Å². The lowest BCUT2D eigenvalue weighted by Gasteiger charge is -2.09. The molecule has 1 atom stereocenters. The average molecular weight is 182 g/mol. The van der Waals surface area contributed by atoms with Crippen LogP contribution in [0.4, 0.5) is 0 Å². The third kappa shape index (κ3) is 3.59. The molecule has 1 aliphatic heterocycles. The lowest BCUT2D eigenvalue weighted by molar-refractivity contribution is -0.122. The van der Waals surface area contributed by atoms with Crippen molar-refractivity contribution in [1.29, 1.82) is 0 Å². The molecule has 0 unspecified atom stereocenters. The van der Waals surface area contributed by atoms with Gasteiger partial charge < -0.3 is 10.6 Å². The second-order valence-corrected chi connectivity index (χ2v) is 3.68. The van der Waals surface area contributed by atoms with Crippen LogP contribution in [0.3, 0.4) is 0 Å². The molecule has 3 heteroatoms. The van der Waals surface area contributed by atoms with Crippen molar-refractivity contribution in [1.82, 2.24) is 10.6 Å². The van der Waals surface area contributed by atoms with Crippen molar-refractivity contribution < 1.29 is 4.79 Å². The van der Waals surface area contributed by atoms with E-state index in [4.69, 9.17) is 0 Å². The SMILES string of the molecule is CC(C)=CCNC(=O)[C@@H]1CCCN1. The third-order valence-electron chi connectivity index (χ3n) is 2.16. The molecule has 2 N–H and O–H groups in total. The van der Waals surface area contributed by atoms with Crippen LogP contribution in [0.2, 0.25) is 0 Å². The largest absolute Gasteiger partial charge is 0.351 e. The van der Waals surface area contributed by atoms with Crippen LogP contribution in [-0.4, -0.2) is 25.0 Å². The Bertz CT molecular complexity index is 201. The second-order valence-electron chi connectivity index (χ2n) is 3.68. The van der Waals surface area contributed by atoms with Gasteiger partial charge in [-0.1, -0.05) is 11.6 Å². The normalized spacial score (nSPS) is 21.2. The Morgan fingerprint density at radius 2 is 2.38 bits per heavy atom. The fourth-order valence-corrected chi connectivity index (χ4v) is 1.39. The molecular formula is C10H18N2O. The molecule has 0 bridgehead atoms. The molecule has 0 saturated carbocycles. The van der Waals surface area contributed by atoms with E-state index < -0.39 is 0 Å². The molecule has 1 aliphatic rings. The van der Waals surface area contributed by atoms with Gasteiger partial charge >= 0.3 is 0 Å². The molecule has 1 heterocycles. The molecule has 1 fully saturated rings. The zero-order chi connectivity index (χ0) is 9.68. The van der Waals surface area contributed by atoms with E-state index in [0.717, 1.165) is 19.4 Å². The summed E-state index contributed by atoms with van der Waals surface area (Å²) >= 11 is 0. The molecule has 0 spiro atoms. The minimum Gasteiger partial charge on any atom is -0.351 e. The average Bonchev–Trinajstić information content (AvgIpc) is 2.55. The monoisotopic (exact) mass is 182 g/mol. The van der Waals surface area contributed by atoms with Gasteiger partial charge in [0.25, 0.3) is 0 Å². The molecule has 1 amide bonds. The number of hydrogen-bond donors (Lipinski definition) is 2. The van der Waals surface area contributed by atoms with Gasteiger partial charge in [0.2, 0.25) is 5.91 Å². The molecule has 3 nitrogen and oxygen atoms in total. The first kappa shape index (κ1) is 10.3. The summed E-state index contributed by atoms with van der Waals surface area (Å²) in [4.78, 5) is 11.4. The lowest BCUT2D eigenvalue weighted by Crippen LogP contribution is -2.40. The predicted molar refractivity (Wildman–Crippen MR) is 53.5 cm³/mol. The number of hydrogen-bond acceptors (Lipinski definition) is 2. The number of amides is 1. The number of nitrogens with one attached hydrogen (secondary N) is 2. The molecule has 74 valence electrons. The summed E-state index contributed by atoms with van der Waals surface area (Å²) in [6.45, 7) is 5.68. The van der Waals surface area contributed by atoms with Crippen molar-refractivity contribution >= 4 is 5.91 Å². The standard InChI is InChI=1S/C10H18N2O/c1-8(2)5-7-12-10(13)9-4-3-6-11-9/h5,9,11H,3-4,6-7H2,1-2H3,(H,12,13)/t9-/m0/s1. The van der Waals surface area contributed by atoms with E-state index in [1.54, 1.807) is 0 Å². The Labute approximate surface area is 79.6 Å². The molecule has 0 aromatic carbocycles. The first-order valence-corrected chi connectivity index (χ1v) is 4.84. The van der Waals surface area contributed by atoms with Crippen molar-refractivity contribution in [2.45, 2.75) is 32.7 Å². The number of carbonyl (C=O) groups is 1. The van der Waals surface area contributed by atoms with Crippen LogP contribution < -0.4 is 10.6 Å². The van der Waals surface area contributed by atoms with E-state index in [0.29, 0.717) is 6.54 Å². The van der Waals surface area contributed by atoms with Crippen molar-refractivity contribution in [3.63, 3.8) is 0 Å². The van der Waals surface area contributed by atoms with Crippen LogP contribution in [0.1, 0.15) is 26.7 Å². The summed E-state index contributed by atoms with van der Waals surface area (Å²) < 4.78 is 0. The highest BCUT2D eigenvalue weighted by Crippen LogP contribution is 2.04. The van der Waals surface area contributed by atoms with Gasteiger partial charge in [-0.15, -0.1) is 0 Å². The lowest BCUT2D eigenvalue weighted by atomic mass is 10.2. The van der Waals surface area contributed by atoms with Crippen LogP contribution in [0.5, 0.6) is 0 Å². The third-order valence-corrected chi connectivity index (χ3v) is 2.16. The van der Waals surface area contributed by atoms with Crippen LogP contribution in [0.25, 0.3) is 0 Å². The smallest absolute Gasteiger partial charge is 0.237 e. The first-order chi connectivity index (χ1) is 6.20. The van der Waals surface area contributed by atoms with Crippen LogP contribution in [0.15, 0.2) is 11.6 Å². The summed E-state index contributed by atoms with van der Waals surface area (Å²) in [5.74, 6) is 0.134. The molecule has 0 aliphatic carbocycles. The molecule has 1 saturated heterocycles. The fourth-order valence-electron chi connectivity index (χ4n) is 1.39. The Morgan fingerprint density at radius 3 is 2.92 bits per heavy atom. The molecular weight excluding hydrogens is 164 g/mol. The van der Waals surface area contributed by atoms with Gasteiger partial charge in [0, 0.05) is 6.54 Å². The van der Waals surface area contributed by atoms with Crippen LogP contribution in [0, 0.1) is 0 Å². The summed E-state index contributed by atoms with van der Waals surface area (Å²) in [5.41, 5.74) is 1.24. The zero-order valence-corrected chi connectivity index (χ0v) is 8.39. The summed E-state index contributed by atoms with van der Waals surface area (Å²) in [7, 11) is 0. The van der Waals surface area contributed by atoms with E-state index in [1.165, 1.54) is 5.57 Å². The van der Waals surface area contributed by atoms with Gasteiger partial charge in [0.1, 0.15) is 0 Å². The highest BCUT2D eigenvalue weighted by Gasteiger charge is 2.20. The second kappa shape index (κ2) is 5.02. The van der Waals surface area contributed by atoms with Crippen LogP contribution in [-0.2, 0) is 4.79 Å². The molecule has 0 aromatic rings. The summed E-state index contributed by atoms with van der Waals surface area (Å²) in [6, 6.07) is 0.0468. The van der Waals surface area contributed by atoms with Gasteiger partial charge in [0.05, 0.1) is 6.04 Å². The van der Waals surface area contributed by atoms with Gasteiger partial charge in [-0.05, 0) is 33.2 Å². The number of allylic oxidation sites excluding steroid dienone is 1. The van der Waals surface area contributed by atoms with E-state index in [-0.39, 0.29) is 11.9 Å². The van der Waals surface area contributed by atoms with Crippen molar-refractivity contribution in [3.8, 4) is 0 Å². The van der Waals surface area contributed by atoms with E-state index >= 15 is 0 Å². The predicted octanol–water partition coefficient (Wildman–Crippen LogP) is 0.821. The highest BCUT2D eigenvalue weighted by molar-refractivity contribution is 5.82.